The van der Waals surface area contributed by atoms with Crippen LogP contribution in [0.4, 0.5) is 0 Å². The molecule has 0 aliphatic carbocycles. The monoisotopic (exact) mass is 333 g/mol. The molecule has 21 heavy (non-hydrogen) atoms. The van der Waals surface area contributed by atoms with Gasteiger partial charge < -0.3 is 0 Å². The molecule has 0 saturated heterocycles. The molecule has 1 aromatic carbocycles. The third-order valence-electron chi connectivity index (χ3n) is 2.53. The van der Waals surface area contributed by atoms with Crippen molar-refractivity contribution in [3.63, 3.8) is 0 Å². The van der Waals surface area contributed by atoms with Gasteiger partial charge in [0.2, 0.25) is 0 Å². The van der Waals surface area contributed by atoms with Crippen molar-refractivity contribution < 1.29 is 4.79 Å². The fourth-order valence-electron chi connectivity index (χ4n) is 1.60. The van der Waals surface area contributed by atoms with E-state index in [1.165, 1.54) is 11.8 Å². The summed E-state index contributed by atoms with van der Waals surface area (Å²) in [5, 5.41) is 5.89. The number of amides is 1. The minimum atomic E-state index is -0.132. The SMILES string of the molecule is O=C(CSc1nc2ccccc2s1)NN=Cc1cccs1. The predicted octanol–water partition coefficient (Wildman–Crippen LogP) is 3.60. The summed E-state index contributed by atoms with van der Waals surface area (Å²) in [6.07, 6.45) is 1.64. The molecule has 0 bridgehead atoms. The maximum absolute atomic E-state index is 11.7. The average molecular weight is 333 g/mol. The van der Waals surface area contributed by atoms with Crippen LogP contribution in [0.5, 0.6) is 0 Å². The molecule has 1 N–H and O–H groups in total. The van der Waals surface area contributed by atoms with Gasteiger partial charge in [-0.05, 0) is 23.6 Å². The van der Waals surface area contributed by atoms with Gasteiger partial charge in [-0.2, -0.15) is 5.10 Å². The minimum Gasteiger partial charge on any atom is -0.272 e. The summed E-state index contributed by atoms with van der Waals surface area (Å²) in [6, 6.07) is 11.8. The summed E-state index contributed by atoms with van der Waals surface area (Å²) in [6.45, 7) is 0. The van der Waals surface area contributed by atoms with Crippen LogP contribution in [0, 0.1) is 0 Å². The number of para-hydroxylation sites is 1. The van der Waals surface area contributed by atoms with E-state index >= 15 is 0 Å². The second-order valence-corrected chi connectivity index (χ2v) is 7.28. The lowest BCUT2D eigenvalue weighted by Gasteiger charge is -1.96. The van der Waals surface area contributed by atoms with Crippen molar-refractivity contribution in [1.29, 1.82) is 0 Å². The van der Waals surface area contributed by atoms with Crippen LogP contribution in [0.25, 0.3) is 10.2 Å². The maximum Gasteiger partial charge on any atom is 0.250 e. The highest BCUT2D eigenvalue weighted by Gasteiger charge is 2.06. The topological polar surface area (TPSA) is 54.4 Å². The predicted molar refractivity (Wildman–Crippen MR) is 90.4 cm³/mol. The van der Waals surface area contributed by atoms with E-state index in [4.69, 9.17) is 0 Å². The van der Waals surface area contributed by atoms with Gasteiger partial charge in [0.25, 0.3) is 5.91 Å². The minimum absolute atomic E-state index is 0.132. The molecular weight excluding hydrogens is 322 g/mol. The molecule has 4 nitrogen and oxygen atoms in total. The Morgan fingerprint density at radius 1 is 1.33 bits per heavy atom. The van der Waals surface area contributed by atoms with Crippen molar-refractivity contribution in [3.8, 4) is 0 Å². The number of carbonyl (C=O) groups excluding carboxylic acids is 1. The molecule has 0 atom stereocenters. The third kappa shape index (κ3) is 3.90. The summed E-state index contributed by atoms with van der Waals surface area (Å²) in [7, 11) is 0. The number of thiazole rings is 1. The molecular formula is C14H11N3OS3. The number of aromatic nitrogens is 1. The largest absolute Gasteiger partial charge is 0.272 e. The highest BCUT2D eigenvalue weighted by molar-refractivity contribution is 8.01. The first-order chi connectivity index (χ1) is 10.3. The number of hydrogen-bond donors (Lipinski definition) is 1. The molecule has 7 heteroatoms. The van der Waals surface area contributed by atoms with E-state index in [1.807, 2.05) is 41.8 Å². The fourth-order valence-corrected chi connectivity index (χ4v) is 4.05. The Morgan fingerprint density at radius 3 is 3.05 bits per heavy atom. The first-order valence-electron chi connectivity index (χ1n) is 6.15. The van der Waals surface area contributed by atoms with E-state index in [0.717, 1.165) is 19.4 Å². The molecule has 106 valence electrons. The summed E-state index contributed by atoms with van der Waals surface area (Å²) < 4.78 is 2.03. The van der Waals surface area contributed by atoms with Gasteiger partial charge in [0.1, 0.15) is 0 Å². The van der Waals surface area contributed by atoms with Crippen LogP contribution in [0.1, 0.15) is 4.88 Å². The van der Waals surface area contributed by atoms with Gasteiger partial charge in [-0.25, -0.2) is 10.4 Å². The molecule has 3 aromatic rings. The molecule has 2 aromatic heterocycles. The fraction of sp³-hybridized carbons (Fsp3) is 0.0714. The lowest BCUT2D eigenvalue weighted by atomic mass is 10.3. The van der Waals surface area contributed by atoms with E-state index in [0.29, 0.717) is 5.75 Å². The molecule has 3 rings (SSSR count). The Kier molecular flexibility index (Phi) is 4.64. The van der Waals surface area contributed by atoms with Crippen LogP contribution in [-0.2, 0) is 4.79 Å². The zero-order chi connectivity index (χ0) is 14.5. The summed E-state index contributed by atoms with van der Waals surface area (Å²) in [4.78, 5) is 17.2. The van der Waals surface area contributed by atoms with Crippen LogP contribution < -0.4 is 5.43 Å². The number of hydrazone groups is 1. The van der Waals surface area contributed by atoms with Crippen LogP contribution in [-0.4, -0.2) is 22.9 Å². The molecule has 0 aliphatic heterocycles. The Hall–Kier alpha value is -1.70. The van der Waals surface area contributed by atoms with Crippen molar-refractivity contribution in [3.05, 3.63) is 46.7 Å². The molecule has 0 unspecified atom stereocenters. The van der Waals surface area contributed by atoms with Crippen LogP contribution in [0.15, 0.2) is 51.2 Å². The van der Waals surface area contributed by atoms with Gasteiger partial charge in [-0.15, -0.1) is 22.7 Å². The van der Waals surface area contributed by atoms with Gasteiger partial charge in [-0.3, -0.25) is 4.79 Å². The number of carbonyl (C=O) groups is 1. The summed E-state index contributed by atoms with van der Waals surface area (Å²) in [5.41, 5.74) is 3.49. The van der Waals surface area contributed by atoms with Crippen LogP contribution in [0.2, 0.25) is 0 Å². The summed E-state index contributed by atoms with van der Waals surface area (Å²) >= 11 is 4.60. The van der Waals surface area contributed by atoms with E-state index in [2.05, 4.69) is 15.5 Å². The van der Waals surface area contributed by atoms with E-state index < -0.39 is 0 Å². The molecule has 0 spiro atoms. The Bertz CT molecular complexity index is 732. The van der Waals surface area contributed by atoms with Gasteiger partial charge in [0.15, 0.2) is 4.34 Å². The molecule has 0 aliphatic rings. The highest BCUT2D eigenvalue weighted by Crippen LogP contribution is 2.28. The lowest BCUT2D eigenvalue weighted by Crippen LogP contribution is -2.19. The standard InChI is InChI=1S/C14H11N3OS3/c18-13(17-15-8-10-4-3-7-19-10)9-20-14-16-11-5-1-2-6-12(11)21-14/h1-8H,9H2,(H,17,18). The van der Waals surface area contributed by atoms with Gasteiger partial charge in [0.05, 0.1) is 22.2 Å². The first-order valence-corrected chi connectivity index (χ1v) is 8.83. The smallest absolute Gasteiger partial charge is 0.250 e. The normalized spacial score (nSPS) is 11.2. The lowest BCUT2D eigenvalue weighted by molar-refractivity contribution is -0.118. The molecule has 0 saturated carbocycles. The number of thiophene rings is 1. The Balaban J connectivity index is 1.51. The summed E-state index contributed by atoms with van der Waals surface area (Å²) in [5.74, 6) is 0.175. The van der Waals surface area contributed by atoms with Gasteiger partial charge in [-0.1, -0.05) is 30.0 Å². The van der Waals surface area contributed by atoms with Gasteiger partial charge >= 0.3 is 0 Å². The van der Waals surface area contributed by atoms with Crippen molar-refractivity contribution in [2.45, 2.75) is 4.34 Å². The second-order valence-electron chi connectivity index (χ2n) is 4.04. The van der Waals surface area contributed by atoms with Crippen LogP contribution >= 0.6 is 34.4 Å². The van der Waals surface area contributed by atoms with Crippen molar-refractivity contribution in [1.82, 2.24) is 10.4 Å². The number of benzene rings is 1. The zero-order valence-corrected chi connectivity index (χ0v) is 13.3. The van der Waals surface area contributed by atoms with E-state index in [-0.39, 0.29) is 5.91 Å². The highest BCUT2D eigenvalue weighted by atomic mass is 32.2. The average Bonchev–Trinajstić information content (AvgIpc) is 3.13. The quantitative estimate of drug-likeness (QED) is 0.441. The van der Waals surface area contributed by atoms with Gasteiger partial charge in [0, 0.05) is 4.88 Å². The number of rotatable bonds is 5. The molecule has 1 amide bonds. The van der Waals surface area contributed by atoms with Crippen molar-refractivity contribution in [2.75, 3.05) is 5.75 Å². The maximum atomic E-state index is 11.7. The molecule has 0 fully saturated rings. The third-order valence-corrected chi connectivity index (χ3v) is 5.51. The molecule has 2 heterocycles. The number of fused-ring (bicyclic) bond motifs is 1. The molecule has 0 radical (unpaired) electrons. The second kappa shape index (κ2) is 6.84. The number of nitrogens with zero attached hydrogens (tertiary/aromatic N) is 2. The zero-order valence-electron chi connectivity index (χ0n) is 10.9. The van der Waals surface area contributed by atoms with E-state index in [1.54, 1.807) is 28.9 Å². The van der Waals surface area contributed by atoms with Crippen molar-refractivity contribution in [2.24, 2.45) is 5.10 Å². The van der Waals surface area contributed by atoms with E-state index in [9.17, 15) is 4.79 Å². The number of thioether (sulfide) groups is 1. The van der Waals surface area contributed by atoms with Crippen LogP contribution in [0.3, 0.4) is 0 Å². The van der Waals surface area contributed by atoms with Crippen molar-refractivity contribution >= 4 is 56.8 Å². The number of nitrogens with one attached hydrogen (secondary N) is 1. The Morgan fingerprint density at radius 2 is 2.24 bits per heavy atom. The first kappa shape index (κ1) is 14.2. The Labute approximate surface area is 133 Å². The number of hydrogen-bond acceptors (Lipinski definition) is 6.